The van der Waals surface area contributed by atoms with Crippen LogP contribution in [0.2, 0.25) is 5.02 Å². The third-order valence-corrected chi connectivity index (χ3v) is 2.32. The molecule has 1 rings (SSSR count). The molecule has 1 aromatic carbocycles. The number of halogens is 1. The first-order valence-corrected chi connectivity index (χ1v) is 4.56. The van der Waals surface area contributed by atoms with Crippen LogP contribution in [-0.2, 0) is 13.0 Å². The smallest absolute Gasteiger partial charge is 0.137 e. The number of benzene rings is 1. The molecule has 0 aliphatic carbocycles. The molecule has 2 nitrogen and oxygen atoms in total. The largest absolute Gasteiger partial charge is 0.495 e. The highest BCUT2D eigenvalue weighted by Gasteiger charge is 2.06. The summed E-state index contributed by atoms with van der Waals surface area (Å²) in [6.45, 7) is 2.05. The van der Waals surface area contributed by atoms with E-state index in [1.807, 2.05) is 13.0 Å². The monoisotopic (exact) mass is 200 g/mol. The Bertz CT molecular complexity index is 297. The van der Waals surface area contributed by atoms with E-state index in [2.05, 4.69) is 0 Å². The average Bonchev–Trinajstić information content (AvgIpc) is 2.17. The lowest BCUT2D eigenvalue weighted by Gasteiger charge is -2.09. The van der Waals surface area contributed by atoms with Gasteiger partial charge in [0, 0.05) is 0 Å². The van der Waals surface area contributed by atoms with Crippen LogP contribution >= 0.6 is 11.6 Å². The van der Waals surface area contributed by atoms with Crippen molar-refractivity contribution in [3.8, 4) is 5.75 Å². The highest BCUT2D eigenvalue weighted by molar-refractivity contribution is 6.32. The van der Waals surface area contributed by atoms with Gasteiger partial charge in [-0.25, -0.2) is 0 Å². The lowest BCUT2D eigenvalue weighted by Crippen LogP contribution is -1.95. The number of aliphatic hydroxyl groups excluding tert-OH is 1. The van der Waals surface area contributed by atoms with E-state index in [9.17, 15) is 0 Å². The van der Waals surface area contributed by atoms with Gasteiger partial charge in [-0.3, -0.25) is 0 Å². The predicted molar refractivity (Wildman–Crippen MR) is 53.3 cm³/mol. The van der Waals surface area contributed by atoms with Crippen LogP contribution in [0, 0.1) is 0 Å². The van der Waals surface area contributed by atoms with E-state index in [-0.39, 0.29) is 6.61 Å². The van der Waals surface area contributed by atoms with Crippen LogP contribution in [0.3, 0.4) is 0 Å². The van der Waals surface area contributed by atoms with Crippen molar-refractivity contribution in [1.82, 2.24) is 0 Å². The van der Waals surface area contributed by atoms with E-state index < -0.39 is 0 Å². The first-order chi connectivity index (χ1) is 6.22. The molecule has 1 aromatic rings. The van der Waals surface area contributed by atoms with Gasteiger partial charge in [-0.2, -0.15) is 0 Å². The van der Waals surface area contributed by atoms with Crippen molar-refractivity contribution in [2.45, 2.75) is 20.0 Å². The van der Waals surface area contributed by atoms with Crippen LogP contribution in [-0.4, -0.2) is 12.2 Å². The SMILES string of the molecule is CCc1cc(OC)c(Cl)cc1CO. The fourth-order valence-electron chi connectivity index (χ4n) is 1.27. The molecule has 0 amide bonds. The first kappa shape index (κ1) is 10.4. The second-order valence-electron chi connectivity index (χ2n) is 2.77. The van der Waals surface area contributed by atoms with Gasteiger partial charge >= 0.3 is 0 Å². The summed E-state index contributed by atoms with van der Waals surface area (Å²) in [7, 11) is 1.58. The fourth-order valence-corrected chi connectivity index (χ4v) is 1.53. The molecular weight excluding hydrogens is 188 g/mol. The summed E-state index contributed by atoms with van der Waals surface area (Å²) >= 11 is 5.90. The standard InChI is InChI=1S/C10H13ClO2/c1-3-7-5-10(13-2)9(11)4-8(7)6-12/h4-5,12H,3,6H2,1-2H3. The number of aliphatic hydroxyl groups is 1. The van der Waals surface area contributed by atoms with Gasteiger partial charge in [0.05, 0.1) is 18.7 Å². The van der Waals surface area contributed by atoms with E-state index in [4.69, 9.17) is 21.4 Å². The third-order valence-electron chi connectivity index (χ3n) is 2.03. The van der Waals surface area contributed by atoms with E-state index >= 15 is 0 Å². The molecule has 0 aliphatic rings. The quantitative estimate of drug-likeness (QED) is 0.812. The molecule has 0 heterocycles. The molecule has 0 saturated carbocycles. The Hall–Kier alpha value is -0.730. The first-order valence-electron chi connectivity index (χ1n) is 4.19. The molecule has 0 fully saturated rings. The van der Waals surface area contributed by atoms with Gasteiger partial charge in [-0.15, -0.1) is 0 Å². The van der Waals surface area contributed by atoms with Crippen molar-refractivity contribution in [1.29, 1.82) is 0 Å². The molecule has 13 heavy (non-hydrogen) atoms. The molecule has 0 atom stereocenters. The maximum atomic E-state index is 9.04. The van der Waals surface area contributed by atoms with Gasteiger partial charge in [-0.05, 0) is 29.7 Å². The van der Waals surface area contributed by atoms with E-state index in [1.165, 1.54) is 0 Å². The lowest BCUT2D eigenvalue weighted by molar-refractivity contribution is 0.280. The zero-order chi connectivity index (χ0) is 9.84. The maximum absolute atomic E-state index is 9.04. The number of rotatable bonds is 3. The van der Waals surface area contributed by atoms with Crippen LogP contribution in [0.15, 0.2) is 12.1 Å². The Labute approximate surface area is 83.1 Å². The number of methoxy groups -OCH3 is 1. The summed E-state index contributed by atoms with van der Waals surface area (Å²) in [5.74, 6) is 0.663. The third kappa shape index (κ3) is 2.14. The molecule has 0 unspecified atom stereocenters. The van der Waals surface area contributed by atoms with E-state index in [0.717, 1.165) is 17.5 Å². The topological polar surface area (TPSA) is 29.5 Å². The van der Waals surface area contributed by atoms with Crippen molar-refractivity contribution in [3.05, 3.63) is 28.3 Å². The molecule has 1 N–H and O–H groups in total. The zero-order valence-corrected chi connectivity index (χ0v) is 8.56. The Balaban J connectivity index is 3.18. The molecule has 72 valence electrons. The molecular formula is C10H13ClO2. The van der Waals surface area contributed by atoms with Crippen LogP contribution in [0.25, 0.3) is 0 Å². The van der Waals surface area contributed by atoms with Gasteiger partial charge in [0.2, 0.25) is 0 Å². The molecule has 0 saturated heterocycles. The second-order valence-corrected chi connectivity index (χ2v) is 3.17. The summed E-state index contributed by atoms with van der Waals surface area (Å²) in [5, 5.41) is 9.58. The molecule has 0 bridgehead atoms. The van der Waals surface area contributed by atoms with E-state index in [1.54, 1.807) is 13.2 Å². The Kier molecular flexibility index (Phi) is 3.58. The van der Waals surface area contributed by atoms with Gasteiger partial charge < -0.3 is 9.84 Å². The Morgan fingerprint density at radius 3 is 2.54 bits per heavy atom. The molecule has 0 aromatic heterocycles. The summed E-state index contributed by atoms with van der Waals surface area (Å²) in [4.78, 5) is 0. The van der Waals surface area contributed by atoms with Crippen molar-refractivity contribution in [2.24, 2.45) is 0 Å². The molecule has 0 spiro atoms. The highest BCUT2D eigenvalue weighted by Crippen LogP contribution is 2.28. The number of hydrogen-bond acceptors (Lipinski definition) is 2. The number of ether oxygens (including phenoxy) is 1. The van der Waals surface area contributed by atoms with Crippen LogP contribution in [0.5, 0.6) is 5.75 Å². The molecule has 3 heteroatoms. The number of hydrogen-bond donors (Lipinski definition) is 1. The highest BCUT2D eigenvalue weighted by atomic mass is 35.5. The van der Waals surface area contributed by atoms with Crippen molar-refractivity contribution in [2.75, 3.05) is 7.11 Å². The van der Waals surface area contributed by atoms with Crippen LogP contribution in [0.1, 0.15) is 18.1 Å². The summed E-state index contributed by atoms with van der Waals surface area (Å²) < 4.78 is 5.07. The minimum atomic E-state index is 0.0207. The van der Waals surface area contributed by atoms with Gasteiger partial charge in [0.15, 0.2) is 0 Å². The fraction of sp³-hybridized carbons (Fsp3) is 0.400. The Morgan fingerprint density at radius 2 is 2.08 bits per heavy atom. The average molecular weight is 201 g/mol. The summed E-state index contributed by atoms with van der Waals surface area (Å²) in [5.41, 5.74) is 1.94. The van der Waals surface area contributed by atoms with Crippen molar-refractivity contribution in [3.63, 3.8) is 0 Å². The normalized spacial score (nSPS) is 10.2. The van der Waals surface area contributed by atoms with Crippen molar-refractivity contribution >= 4 is 11.6 Å². The number of aryl methyl sites for hydroxylation is 1. The van der Waals surface area contributed by atoms with Gasteiger partial charge in [0.25, 0.3) is 0 Å². The minimum absolute atomic E-state index is 0.0207. The molecule has 0 aliphatic heterocycles. The Morgan fingerprint density at radius 1 is 1.38 bits per heavy atom. The summed E-state index contributed by atoms with van der Waals surface area (Å²) in [6, 6.07) is 3.62. The van der Waals surface area contributed by atoms with Crippen LogP contribution in [0.4, 0.5) is 0 Å². The van der Waals surface area contributed by atoms with Crippen LogP contribution < -0.4 is 4.74 Å². The van der Waals surface area contributed by atoms with Gasteiger partial charge in [0.1, 0.15) is 5.75 Å². The van der Waals surface area contributed by atoms with Gasteiger partial charge in [-0.1, -0.05) is 18.5 Å². The maximum Gasteiger partial charge on any atom is 0.137 e. The van der Waals surface area contributed by atoms with Crippen molar-refractivity contribution < 1.29 is 9.84 Å². The molecule has 0 radical (unpaired) electrons. The lowest BCUT2D eigenvalue weighted by atomic mass is 10.1. The predicted octanol–water partition coefficient (Wildman–Crippen LogP) is 2.40. The summed E-state index contributed by atoms with van der Waals surface area (Å²) in [6.07, 6.45) is 0.865. The van der Waals surface area contributed by atoms with E-state index in [0.29, 0.717) is 10.8 Å². The minimum Gasteiger partial charge on any atom is -0.495 e. The second kappa shape index (κ2) is 4.49. The zero-order valence-electron chi connectivity index (χ0n) is 7.80.